The largest absolute Gasteiger partial charge is 0.418 e. The topological polar surface area (TPSA) is 97.0 Å². The van der Waals surface area contributed by atoms with Crippen LogP contribution < -0.4 is 20.3 Å². The maximum absolute atomic E-state index is 13.9. The van der Waals surface area contributed by atoms with Gasteiger partial charge in [-0.2, -0.15) is 13.2 Å². The predicted molar refractivity (Wildman–Crippen MR) is 126 cm³/mol. The van der Waals surface area contributed by atoms with Crippen LogP contribution in [0.1, 0.15) is 31.2 Å². The Bertz CT molecular complexity index is 1140. The third kappa shape index (κ3) is 5.78. The molecule has 1 aliphatic heterocycles. The Hall–Kier alpha value is -2.64. The van der Waals surface area contributed by atoms with Crippen molar-refractivity contribution in [3.8, 4) is 5.06 Å². The predicted octanol–water partition coefficient (Wildman–Crippen LogP) is 4.93. The second kappa shape index (κ2) is 10.2. The maximum atomic E-state index is 13.9. The molecule has 1 aromatic carbocycles. The molecule has 4 rings (SSSR count). The van der Waals surface area contributed by atoms with Crippen molar-refractivity contribution in [2.24, 2.45) is 0 Å². The Morgan fingerprint density at radius 2 is 1.94 bits per heavy atom. The Morgan fingerprint density at radius 1 is 1.17 bits per heavy atom. The Kier molecular flexibility index (Phi) is 7.38. The lowest BCUT2D eigenvalue weighted by molar-refractivity contribution is -0.137. The molecule has 35 heavy (non-hydrogen) atoms. The summed E-state index contributed by atoms with van der Waals surface area (Å²) in [7, 11) is 0. The minimum absolute atomic E-state index is 0.0103. The van der Waals surface area contributed by atoms with Crippen molar-refractivity contribution < 1.29 is 37.0 Å². The molecule has 8 nitrogen and oxygen atoms in total. The average Bonchev–Trinajstić information content (AvgIpc) is 3.04. The van der Waals surface area contributed by atoms with Gasteiger partial charge in [0.15, 0.2) is 5.06 Å². The summed E-state index contributed by atoms with van der Waals surface area (Å²) in [6, 6.07) is 6.54. The molecule has 2 N–H and O–H groups in total. The summed E-state index contributed by atoms with van der Waals surface area (Å²) in [5, 5.41) is 5.36. The molecule has 13 heteroatoms. The number of nitrogens with one attached hydrogen (secondary N) is 2. The van der Waals surface area contributed by atoms with Gasteiger partial charge in [-0.15, -0.1) is 0 Å². The van der Waals surface area contributed by atoms with Crippen LogP contribution in [0.15, 0.2) is 34.1 Å². The number of carbonyl (C=O) groups excluding carboxylic acids is 3. The fraction of sp³-hybridized carbons (Fsp3) is 0.409. The molecule has 2 fully saturated rings. The maximum Gasteiger partial charge on any atom is 0.418 e. The normalized spacial score (nSPS) is 17.8. The van der Waals surface area contributed by atoms with Gasteiger partial charge in [0, 0.05) is 12.2 Å². The van der Waals surface area contributed by atoms with Crippen molar-refractivity contribution in [3.05, 3.63) is 39.7 Å². The van der Waals surface area contributed by atoms with E-state index < -0.39 is 35.2 Å². The van der Waals surface area contributed by atoms with Crippen molar-refractivity contribution in [2.75, 3.05) is 30.0 Å². The zero-order chi connectivity index (χ0) is 25.2. The number of anilines is 2. The summed E-state index contributed by atoms with van der Waals surface area (Å²) in [6.45, 7) is 0.254. The molecule has 1 saturated carbocycles. The van der Waals surface area contributed by atoms with Crippen LogP contribution in [0.3, 0.4) is 0 Å². The highest BCUT2D eigenvalue weighted by Crippen LogP contribution is 2.40. The number of thiophene rings is 1. The highest BCUT2D eigenvalue weighted by molar-refractivity contribution is 9.11. The van der Waals surface area contributed by atoms with Gasteiger partial charge in [-0.05, 0) is 65.5 Å². The van der Waals surface area contributed by atoms with E-state index in [4.69, 9.17) is 9.47 Å². The molecule has 0 spiro atoms. The van der Waals surface area contributed by atoms with Gasteiger partial charge in [0.2, 0.25) is 11.8 Å². The van der Waals surface area contributed by atoms with Gasteiger partial charge in [-0.25, -0.2) is 4.79 Å². The summed E-state index contributed by atoms with van der Waals surface area (Å²) in [5.74, 6) is -1.12. The van der Waals surface area contributed by atoms with Crippen molar-refractivity contribution in [1.29, 1.82) is 0 Å². The standard InChI is InChI=1S/C22H21BrF3N3O5S/c23-16-4-5-18(35-16)34-20(32)28-21(7-1-8-21)19(31)27-13-2-3-15(14(12-13)22(24,25)26)29-9-11-33-10-6-17(29)30/h2-5,12H,1,6-11H2,(H,27,31)(H,28,32). The molecule has 0 bridgehead atoms. The number of hydrogen-bond donors (Lipinski definition) is 2. The highest BCUT2D eigenvalue weighted by Gasteiger charge is 2.46. The molecular weight excluding hydrogens is 555 g/mol. The monoisotopic (exact) mass is 575 g/mol. The molecular formula is C22H21BrF3N3O5S. The third-order valence-electron chi connectivity index (χ3n) is 5.80. The third-order valence-corrected chi connectivity index (χ3v) is 7.30. The van der Waals surface area contributed by atoms with Gasteiger partial charge in [0.25, 0.3) is 0 Å². The first-order valence-electron chi connectivity index (χ1n) is 10.7. The van der Waals surface area contributed by atoms with Gasteiger partial charge < -0.3 is 25.0 Å². The molecule has 0 atom stereocenters. The van der Waals surface area contributed by atoms with Crippen LogP contribution in [0, 0.1) is 0 Å². The number of alkyl halides is 3. The molecule has 188 valence electrons. The zero-order valence-corrected chi connectivity index (χ0v) is 20.6. The second-order valence-electron chi connectivity index (χ2n) is 8.10. The fourth-order valence-corrected chi connectivity index (χ4v) is 5.06. The minimum Gasteiger partial charge on any atom is -0.399 e. The van der Waals surface area contributed by atoms with E-state index in [0.717, 1.165) is 20.8 Å². The van der Waals surface area contributed by atoms with Crippen LogP contribution in [-0.4, -0.2) is 43.2 Å². The number of halogens is 4. The van der Waals surface area contributed by atoms with Gasteiger partial charge in [0.05, 0.1) is 34.7 Å². The van der Waals surface area contributed by atoms with Crippen molar-refractivity contribution in [3.63, 3.8) is 0 Å². The lowest BCUT2D eigenvalue weighted by Gasteiger charge is -2.40. The van der Waals surface area contributed by atoms with Crippen LogP contribution in [0.5, 0.6) is 5.06 Å². The summed E-state index contributed by atoms with van der Waals surface area (Å²) in [5.41, 5.74) is -2.74. The number of carbonyl (C=O) groups is 3. The van der Waals surface area contributed by atoms with E-state index in [1.807, 2.05) is 0 Å². The van der Waals surface area contributed by atoms with E-state index >= 15 is 0 Å². The number of rotatable bonds is 5. The molecule has 2 heterocycles. The number of hydrogen-bond acceptors (Lipinski definition) is 6. The number of ether oxygens (including phenoxy) is 2. The lowest BCUT2D eigenvalue weighted by Crippen LogP contribution is -2.61. The summed E-state index contributed by atoms with van der Waals surface area (Å²) < 4.78 is 52.8. The van der Waals surface area contributed by atoms with Crippen LogP contribution in [0.2, 0.25) is 0 Å². The van der Waals surface area contributed by atoms with Gasteiger partial charge in [0.1, 0.15) is 5.54 Å². The van der Waals surface area contributed by atoms with E-state index in [1.165, 1.54) is 17.4 Å². The molecule has 2 aliphatic rings. The van der Waals surface area contributed by atoms with E-state index in [1.54, 1.807) is 12.1 Å². The first kappa shape index (κ1) is 25.5. The quantitative estimate of drug-likeness (QED) is 0.526. The lowest BCUT2D eigenvalue weighted by atomic mass is 9.76. The summed E-state index contributed by atoms with van der Waals surface area (Å²) in [4.78, 5) is 38.7. The molecule has 3 amide bonds. The molecule has 0 radical (unpaired) electrons. The molecule has 1 aromatic heterocycles. The SMILES string of the molecule is O=C(NC1(C(=O)Nc2ccc(N3CCOCCC3=O)c(C(F)(F)F)c2)CCC1)Oc1ccc(Br)s1. The highest BCUT2D eigenvalue weighted by atomic mass is 79.9. The number of amides is 3. The van der Waals surface area contributed by atoms with Crippen LogP contribution >= 0.6 is 27.3 Å². The van der Waals surface area contributed by atoms with Crippen molar-refractivity contribution in [1.82, 2.24) is 5.32 Å². The van der Waals surface area contributed by atoms with Crippen LogP contribution in [0.4, 0.5) is 29.3 Å². The Balaban J connectivity index is 1.51. The number of nitrogens with zero attached hydrogens (tertiary/aromatic N) is 1. The van der Waals surface area contributed by atoms with Crippen molar-refractivity contribution in [2.45, 2.75) is 37.4 Å². The molecule has 1 aliphatic carbocycles. The van der Waals surface area contributed by atoms with E-state index in [9.17, 15) is 27.6 Å². The van der Waals surface area contributed by atoms with Gasteiger partial charge in [-0.1, -0.05) is 11.3 Å². The zero-order valence-electron chi connectivity index (χ0n) is 18.2. The first-order chi connectivity index (χ1) is 16.6. The second-order valence-corrected chi connectivity index (χ2v) is 10.5. The van der Waals surface area contributed by atoms with E-state index in [2.05, 4.69) is 26.6 Å². The molecule has 2 aromatic rings. The van der Waals surface area contributed by atoms with Crippen LogP contribution in [0.25, 0.3) is 0 Å². The fourth-order valence-electron chi connectivity index (χ4n) is 3.86. The minimum atomic E-state index is -4.77. The van der Waals surface area contributed by atoms with Gasteiger partial charge in [-0.3, -0.25) is 9.59 Å². The molecule has 0 unspecified atom stereocenters. The van der Waals surface area contributed by atoms with E-state index in [-0.39, 0.29) is 37.6 Å². The first-order valence-corrected chi connectivity index (χ1v) is 12.3. The Labute approximate surface area is 210 Å². The number of benzene rings is 1. The Morgan fingerprint density at radius 3 is 2.57 bits per heavy atom. The summed E-state index contributed by atoms with van der Waals surface area (Å²) >= 11 is 4.45. The molecule has 1 saturated heterocycles. The average molecular weight is 576 g/mol. The summed E-state index contributed by atoms with van der Waals surface area (Å²) in [6.07, 6.45) is -4.34. The smallest absolute Gasteiger partial charge is 0.399 e. The van der Waals surface area contributed by atoms with Gasteiger partial charge >= 0.3 is 12.3 Å². The van der Waals surface area contributed by atoms with Crippen molar-refractivity contribution >= 4 is 56.5 Å². The van der Waals surface area contributed by atoms with Crippen LogP contribution in [-0.2, 0) is 20.5 Å². The van der Waals surface area contributed by atoms with E-state index in [0.29, 0.717) is 24.3 Å².